The zero-order chi connectivity index (χ0) is 11.8. The van der Waals surface area contributed by atoms with Gasteiger partial charge >= 0.3 is 0 Å². The molecule has 1 N–H and O–H groups in total. The van der Waals surface area contributed by atoms with E-state index in [9.17, 15) is 4.79 Å². The summed E-state index contributed by atoms with van der Waals surface area (Å²) in [6.45, 7) is 0. The summed E-state index contributed by atoms with van der Waals surface area (Å²) in [5.74, 6) is 0.671. The van der Waals surface area contributed by atoms with Crippen LogP contribution in [0, 0.1) is 5.92 Å². The van der Waals surface area contributed by atoms with Crippen molar-refractivity contribution in [3.8, 4) is 0 Å². The predicted molar refractivity (Wildman–Crippen MR) is 70.9 cm³/mol. The molecule has 1 aromatic carbocycles. The highest BCUT2D eigenvalue weighted by atomic mass is 79.9. The first-order chi connectivity index (χ1) is 8.22. The van der Waals surface area contributed by atoms with Gasteiger partial charge < -0.3 is 5.32 Å². The third kappa shape index (κ3) is 2.31. The number of benzene rings is 1. The molecule has 3 unspecified atom stereocenters. The summed E-state index contributed by atoms with van der Waals surface area (Å²) in [5.41, 5.74) is 1.13. The van der Waals surface area contributed by atoms with Crippen molar-refractivity contribution in [2.24, 2.45) is 5.92 Å². The van der Waals surface area contributed by atoms with E-state index in [4.69, 9.17) is 0 Å². The van der Waals surface area contributed by atoms with E-state index in [2.05, 4.69) is 21.2 Å². The van der Waals surface area contributed by atoms with Crippen molar-refractivity contribution in [2.45, 2.75) is 37.8 Å². The van der Waals surface area contributed by atoms with Gasteiger partial charge in [0.1, 0.15) is 5.78 Å². The highest BCUT2D eigenvalue weighted by Gasteiger charge is 2.42. The molecule has 2 aliphatic rings. The summed E-state index contributed by atoms with van der Waals surface area (Å²) in [5, 5.41) is 3.53. The first-order valence-corrected chi connectivity index (χ1v) is 7.05. The Kier molecular flexibility index (Phi) is 3.05. The molecule has 17 heavy (non-hydrogen) atoms. The lowest BCUT2D eigenvalue weighted by atomic mass is 9.84. The van der Waals surface area contributed by atoms with Crippen LogP contribution in [-0.4, -0.2) is 17.9 Å². The number of nitrogens with one attached hydrogen (secondary N) is 1. The monoisotopic (exact) mass is 293 g/mol. The molecule has 0 saturated carbocycles. The van der Waals surface area contributed by atoms with Gasteiger partial charge in [0.25, 0.3) is 0 Å². The van der Waals surface area contributed by atoms with Gasteiger partial charge in [-0.2, -0.15) is 0 Å². The van der Waals surface area contributed by atoms with Crippen LogP contribution >= 0.6 is 15.9 Å². The minimum absolute atomic E-state index is 0.261. The summed E-state index contributed by atoms with van der Waals surface area (Å²) in [6.07, 6.45) is 4.08. The number of carbonyl (C=O) groups is 1. The van der Waals surface area contributed by atoms with E-state index in [1.54, 1.807) is 0 Å². The fraction of sp³-hybridized carbons (Fsp3) is 0.500. The van der Waals surface area contributed by atoms with Gasteiger partial charge in [-0.3, -0.25) is 4.79 Å². The van der Waals surface area contributed by atoms with E-state index >= 15 is 0 Å². The summed E-state index contributed by atoms with van der Waals surface area (Å²) in [6, 6.07) is 9.14. The summed E-state index contributed by atoms with van der Waals surface area (Å²) in [4.78, 5) is 12.2. The van der Waals surface area contributed by atoms with Gasteiger partial charge in [0.15, 0.2) is 0 Å². The second-order valence-electron chi connectivity index (χ2n) is 5.16. The van der Waals surface area contributed by atoms with Gasteiger partial charge in [-0.25, -0.2) is 0 Å². The summed E-state index contributed by atoms with van der Waals surface area (Å²) >= 11 is 3.41. The number of carbonyl (C=O) groups excluding carboxylic acids is 1. The minimum Gasteiger partial charge on any atom is -0.310 e. The average Bonchev–Trinajstić information content (AvgIpc) is 2.94. The molecule has 2 fully saturated rings. The molecule has 2 aliphatic heterocycles. The molecule has 3 heteroatoms. The smallest absolute Gasteiger partial charge is 0.141 e. The molecule has 2 heterocycles. The topological polar surface area (TPSA) is 29.1 Å². The molecule has 2 nitrogen and oxygen atoms in total. The SMILES string of the molecule is O=C(Cc1ccc(Br)cc1)C1CC2CCC1N2. The molecule has 1 aromatic rings. The van der Waals surface area contributed by atoms with E-state index in [-0.39, 0.29) is 5.92 Å². The lowest BCUT2D eigenvalue weighted by Gasteiger charge is -2.18. The van der Waals surface area contributed by atoms with E-state index in [1.165, 1.54) is 12.8 Å². The van der Waals surface area contributed by atoms with Gasteiger partial charge in [-0.15, -0.1) is 0 Å². The highest BCUT2D eigenvalue weighted by molar-refractivity contribution is 9.10. The minimum atomic E-state index is 0.261. The number of rotatable bonds is 3. The molecular weight excluding hydrogens is 278 g/mol. The fourth-order valence-corrected chi connectivity index (χ4v) is 3.38. The molecule has 2 bridgehead atoms. The van der Waals surface area contributed by atoms with Crippen LogP contribution in [0.5, 0.6) is 0 Å². The van der Waals surface area contributed by atoms with Crippen LogP contribution in [0.25, 0.3) is 0 Å². The maximum atomic E-state index is 12.2. The quantitative estimate of drug-likeness (QED) is 0.928. The Hall–Kier alpha value is -0.670. The van der Waals surface area contributed by atoms with Crippen LogP contribution in [0.4, 0.5) is 0 Å². The second-order valence-corrected chi connectivity index (χ2v) is 6.07. The standard InChI is InChI=1S/C14H16BrNO/c15-10-3-1-9(2-4-10)7-14(17)12-8-11-5-6-13(12)16-11/h1-4,11-13,16H,5-8H2. The van der Waals surface area contributed by atoms with Crippen molar-refractivity contribution in [3.63, 3.8) is 0 Å². The van der Waals surface area contributed by atoms with E-state index in [0.717, 1.165) is 16.5 Å². The lowest BCUT2D eigenvalue weighted by Crippen LogP contribution is -2.29. The van der Waals surface area contributed by atoms with Crippen LogP contribution in [0.15, 0.2) is 28.7 Å². The fourth-order valence-electron chi connectivity index (χ4n) is 3.11. The Labute approximate surface area is 110 Å². The molecule has 0 aromatic heterocycles. The Morgan fingerprint density at radius 3 is 2.65 bits per heavy atom. The molecule has 3 atom stereocenters. The second kappa shape index (κ2) is 4.54. The zero-order valence-corrected chi connectivity index (χ0v) is 11.2. The van der Waals surface area contributed by atoms with Gasteiger partial charge in [-0.05, 0) is 37.0 Å². The zero-order valence-electron chi connectivity index (χ0n) is 9.66. The van der Waals surface area contributed by atoms with Crippen LogP contribution in [0.1, 0.15) is 24.8 Å². The summed E-state index contributed by atoms with van der Waals surface area (Å²) < 4.78 is 1.07. The van der Waals surface area contributed by atoms with Crippen molar-refractivity contribution >= 4 is 21.7 Å². The number of halogens is 1. The van der Waals surface area contributed by atoms with Crippen molar-refractivity contribution in [2.75, 3.05) is 0 Å². The maximum absolute atomic E-state index is 12.2. The maximum Gasteiger partial charge on any atom is 0.141 e. The van der Waals surface area contributed by atoms with Crippen LogP contribution < -0.4 is 5.32 Å². The molecule has 0 radical (unpaired) electrons. The highest BCUT2D eigenvalue weighted by Crippen LogP contribution is 2.34. The molecule has 0 amide bonds. The Morgan fingerprint density at radius 2 is 2.06 bits per heavy atom. The van der Waals surface area contributed by atoms with E-state index in [0.29, 0.717) is 24.3 Å². The van der Waals surface area contributed by atoms with E-state index in [1.807, 2.05) is 24.3 Å². The Morgan fingerprint density at radius 1 is 1.29 bits per heavy atom. The Bertz CT molecular complexity index is 428. The van der Waals surface area contributed by atoms with Gasteiger partial charge in [-0.1, -0.05) is 28.1 Å². The third-order valence-corrected chi connectivity index (χ3v) is 4.53. The first-order valence-electron chi connectivity index (χ1n) is 6.25. The molecule has 3 rings (SSSR count). The molecule has 0 aliphatic carbocycles. The number of Topliss-reactive ketones (excluding diaryl/α,β-unsaturated/α-hetero) is 1. The number of hydrogen-bond donors (Lipinski definition) is 1. The van der Waals surface area contributed by atoms with Crippen molar-refractivity contribution in [1.82, 2.24) is 5.32 Å². The molecular formula is C14H16BrNO. The first kappa shape index (κ1) is 11.4. The Balaban J connectivity index is 1.65. The van der Waals surface area contributed by atoms with Crippen LogP contribution in [0.3, 0.4) is 0 Å². The van der Waals surface area contributed by atoms with Crippen molar-refractivity contribution in [3.05, 3.63) is 34.3 Å². The normalized spacial score (nSPS) is 30.8. The lowest BCUT2D eigenvalue weighted by molar-refractivity contribution is -0.122. The van der Waals surface area contributed by atoms with Crippen LogP contribution in [0.2, 0.25) is 0 Å². The third-order valence-electron chi connectivity index (χ3n) is 4.01. The largest absolute Gasteiger partial charge is 0.310 e. The van der Waals surface area contributed by atoms with Crippen molar-refractivity contribution in [1.29, 1.82) is 0 Å². The average molecular weight is 294 g/mol. The molecule has 0 spiro atoms. The van der Waals surface area contributed by atoms with Crippen molar-refractivity contribution < 1.29 is 4.79 Å². The van der Waals surface area contributed by atoms with E-state index < -0.39 is 0 Å². The molecule has 2 saturated heterocycles. The number of hydrogen-bond acceptors (Lipinski definition) is 2. The predicted octanol–water partition coefficient (Wildman–Crippen LogP) is 2.70. The van der Waals surface area contributed by atoms with Crippen LogP contribution in [-0.2, 0) is 11.2 Å². The van der Waals surface area contributed by atoms with Gasteiger partial charge in [0.2, 0.25) is 0 Å². The number of ketones is 1. The van der Waals surface area contributed by atoms with Gasteiger partial charge in [0, 0.05) is 28.9 Å². The van der Waals surface area contributed by atoms with Gasteiger partial charge in [0.05, 0.1) is 0 Å². The summed E-state index contributed by atoms with van der Waals surface area (Å²) in [7, 11) is 0. The number of fused-ring (bicyclic) bond motifs is 2. The molecule has 90 valence electrons.